The number of hydrogen-bond acceptors (Lipinski definition) is 3. The van der Waals surface area contributed by atoms with Crippen molar-refractivity contribution in [2.24, 2.45) is 0 Å². The first-order valence-corrected chi connectivity index (χ1v) is 3.78. The molecule has 76 valence electrons. The highest BCUT2D eigenvalue weighted by molar-refractivity contribution is 6.29. The van der Waals surface area contributed by atoms with Crippen LogP contribution in [0.1, 0.15) is 22.5 Å². The van der Waals surface area contributed by atoms with E-state index in [0.717, 1.165) is 6.07 Å². The number of pyridine rings is 1. The molecule has 14 heavy (non-hydrogen) atoms. The first kappa shape index (κ1) is 10.6. The van der Waals surface area contributed by atoms with Crippen LogP contribution in [0.15, 0.2) is 6.07 Å². The molecule has 0 saturated carbocycles. The lowest BCUT2D eigenvalue weighted by Crippen LogP contribution is -2.09. The fourth-order valence-corrected chi connectivity index (χ4v) is 1.15. The fourth-order valence-electron chi connectivity index (χ4n) is 0.943. The van der Waals surface area contributed by atoms with E-state index in [0.29, 0.717) is 0 Å². The van der Waals surface area contributed by atoms with Gasteiger partial charge in [-0.3, -0.25) is 0 Å². The molecule has 7 heteroatoms. The SMILES string of the molecule is Nc1cc(Cl)nc(C(F)F)c1C(=O)O. The summed E-state index contributed by atoms with van der Waals surface area (Å²) in [5, 5.41) is 8.33. The van der Waals surface area contributed by atoms with E-state index in [9.17, 15) is 13.6 Å². The molecule has 0 aromatic carbocycles. The van der Waals surface area contributed by atoms with E-state index in [1.807, 2.05) is 0 Å². The van der Waals surface area contributed by atoms with Crippen LogP contribution in [-0.2, 0) is 0 Å². The zero-order chi connectivity index (χ0) is 10.9. The summed E-state index contributed by atoms with van der Waals surface area (Å²) in [5.74, 6) is -1.55. The lowest BCUT2D eigenvalue weighted by atomic mass is 10.1. The molecular formula is C7H5ClF2N2O2. The maximum Gasteiger partial charge on any atom is 0.339 e. The molecular weight excluding hydrogens is 218 g/mol. The average Bonchev–Trinajstić information content (AvgIpc) is 2.01. The van der Waals surface area contributed by atoms with Crippen LogP contribution in [-0.4, -0.2) is 16.1 Å². The number of carboxylic acid groups (broad SMARTS) is 1. The van der Waals surface area contributed by atoms with Gasteiger partial charge in [-0.2, -0.15) is 0 Å². The maximum atomic E-state index is 12.3. The van der Waals surface area contributed by atoms with Crippen molar-refractivity contribution in [2.75, 3.05) is 5.73 Å². The van der Waals surface area contributed by atoms with Gasteiger partial charge >= 0.3 is 5.97 Å². The number of rotatable bonds is 2. The van der Waals surface area contributed by atoms with Crippen molar-refractivity contribution in [1.82, 2.24) is 4.98 Å². The first-order chi connectivity index (χ1) is 6.43. The molecule has 1 heterocycles. The number of carboxylic acids is 1. The van der Waals surface area contributed by atoms with Crippen molar-refractivity contribution in [3.63, 3.8) is 0 Å². The highest BCUT2D eigenvalue weighted by atomic mass is 35.5. The molecule has 0 bridgehead atoms. The Hall–Kier alpha value is -1.43. The zero-order valence-electron chi connectivity index (χ0n) is 6.67. The third kappa shape index (κ3) is 1.90. The van der Waals surface area contributed by atoms with Crippen molar-refractivity contribution in [3.05, 3.63) is 22.5 Å². The minimum atomic E-state index is -3.03. The van der Waals surface area contributed by atoms with E-state index < -0.39 is 23.7 Å². The average molecular weight is 223 g/mol. The molecule has 0 saturated heterocycles. The Labute approximate surface area is 82.3 Å². The Morgan fingerprint density at radius 3 is 2.64 bits per heavy atom. The minimum Gasteiger partial charge on any atom is -0.478 e. The molecule has 0 amide bonds. The third-order valence-electron chi connectivity index (χ3n) is 1.47. The molecule has 4 nitrogen and oxygen atoms in total. The van der Waals surface area contributed by atoms with Gasteiger partial charge in [0.05, 0.1) is 5.69 Å². The molecule has 0 unspecified atom stereocenters. The zero-order valence-corrected chi connectivity index (χ0v) is 7.42. The number of carbonyl (C=O) groups is 1. The van der Waals surface area contributed by atoms with Gasteiger partial charge in [-0.1, -0.05) is 11.6 Å². The molecule has 0 aliphatic carbocycles. The van der Waals surface area contributed by atoms with E-state index in [1.54, 1.807) is 0 Å². The highest BCUT2D eigenvalue weighted by Gasteiger charge is 2.23. The molecule has 1 aromatic rings. The molecule has 1 rings (SSSR count). The number of nitrogens with zero attached hydrogens (tertiary/aromatic N) is 1. The van der Waals surface area contributed by atoms with Crippen LogP contribution in [0.2, 0.25) is 5.15 Å². The molecule has 0 aliphatic heterocycles. The quantitative estimate of drug-likeness (QED) is 0.750. The van der Waals surface area contributed by atoms with Crippen molar-refractivity contribution in [2.45, 2.75) is 6.43 Å². The number of aromatic carboxylic acids is 1. The second-order valence-electron chi connectivity index (χ2n) is 2.40. The van der Waals surface area contributed by atoms with Gasteiger partial charge in [0.15, 0.2) is 0 Å². The summed E-state index contributed by atoms with van der Waals surface area (Å²) in [6.07, 6.45) is -3.03. The van der Waals surface area contributed by atoms with Crippen LogP contribution in [0.25, 0.3) is 0 Å². The number of anilines is 1. The molecule has 1 aromatic heterocycles. The number of nitrogen functional groups attached to an aromatic ring is 1. The summed E-state index contributed by atoms with van der Waals surface area (Å²) >= 11 is 5.35. The lowest BCUT2D eigenvalue weighted by molar-refractivity contribution is 0.0683. The van der Waals surface area contributed by atoms with E-state index in [2.05, 4.69) is 4.98 Å². The number of aromatic nitrogens is 1. The number of nitrogens with two attached hydrogens (primary N) is 1. The number of halogens is 3. The third-order valence-corrected chi connectivity index (χ3v) is 1.66. The van der Waals surface area contributed by atoms with Crippen LogP contribution in [0.5, 0.6) is 0 Å². The largest absolute Gasteiger partial charge is 0.478 e. The predicted octanol–water partition coefficient (Wildman–Crippen LogP) is 1.95. The molecule has 3 N–H and O–H groups in total. The van der Waals surface area contributed by atoms with E-state index >= 15 is 0 Å². The standard InChI is InChI=1S/C7H5ClF2N2O2/c8-3-1-2(11)4(7(13)14)5(12-3)6(9)10/h1,6H,(H2,11,12)(H,13,14). The van der Waals surface area contributed by atoms with Crippen molar-refractivity contribution < 1.29 is 18.7 Å². The Kier molecular flexibility index (Phi) is 2.85. The Bertz CT molecular complexity index is 384. The first-order valence-electron chi connectivity index (χ1n) is 3.41. The summed E-state index contributed by atoms with van der Waals surface area (Å²) in [6, 6.07) is 1.01. The van der Waals surface area contributed by atoms with Gasteiger partial charge < -0.3 is 10.8 Å². The Morgan fingerprint density at radius 2 is 2.21 bits per heavy atom. The van der Waals surface area contributed by atoms with Crippen molar-refractivity contribution in [1.29, 1.82) is 0 Å². The molecule has 0 spiro atoms. The van der Waals surface area contributed by atoms with E-state index in [4.69, 9.17) is 22.4 Å². The molecule has 0 radical (unpaired) electrons. The van der Waals surface area contributed by atoms with Crippen LogP contribution in [0.4, 0.5) is 14.5 Å². The van der Waals surface area contributed by atoms with Crippen molar-refractivity contribution >= 4 is 23.3 Å². The second-order valence-corrected chi connectivity index (χ2v) is 2.79. The molecule has 0 fully saturated rings. The van der Waals surface area contributed by atoms with Gasteiger partial charge in [0.2, 0.25) is 0 Å². The molecule has 0 aliphatic rings. The Balaban J connectivity index is 3.44. The Morgan fingerprint density at radius 1 is 1.64 bits per heavy atom. The summed E-state index contributed by atoms with van der Waals surface area (Å²) in [4.78, 5) is 13.8. The topological polar surface area (TPSA) is 76.2 Å². The predicted molar refractivity (Wildman–Crippen MR) is 45.6 cm³/mol. The van der Waals surface area contributed by atoms with Gasteiger partial charge in [0.1, 0.15) is 16.4 Å². The summed E-state index contributed by atoms with van der Waals surface area (Å²) in [5.41, 5.74) is 3.28. The van der Waals surface area contributed by atoms with Gasteiger partial charge in [-0.15, -0.1) is 0 Å². The van der Waals surface area contributed by atoms with E-state index in [1.165, 1.54) is 0 Å². The normalized spacial score (nSPS) is 10.6. The van der Waals surface area contributed by atoms with Crippen LogP contribution < -0.4 is 5.73 Å². The molecule has 0 atom stereocenters. The van der Waals surface area contributed by atoms with Crippen LogP contribution in [0.3, 0.4) is 0 Å². The van der Waals surface area contributed by atoms with Crippen molar-refractivity contribution in [3.8, 4) is 0 Å². The summed E-state index contributed by atoms with van der Waals surface area (Å²) in [6.45, 7) is 0. The van der Waals surface area contributed by atoms with Gasteiger partial charge in [0, 0.05) is 0 Å². The summed E-state index contributed by atoms with van der Waals surface area (Å²) in [7, 11) is 0. The second kappa shape index (κ2) is 3.75. The fraction of sp³-hybridized carbons (Fsp3) is 0.143. The maximum absolute atomic E-state index is 12.3. The smallest absolute Gasteiger partial charge is 0.339 e. The number of alkyl halides is 2. The van der Waals surface area contributed by atoms with Crippen LogP contribution >= 0.6 is 11.6 Å². The van der Waals surface area contributed by atoms with Gasteiger partial charge in [-0.05, 0) is 6.07 Å². The van der Waals surface area contributed by atoms with Crippen LogP contribution in [0, 0.1) is 0 Å². The minimum absolute atomic E-state index is 0.261. The summed E-state index contributed by atoms with van der Waals surface area (Å²) < 4.78 is 24.6. The van der Waals surface area contributed by atoms with Gasteiger partial charge in [0.25, 0.3) is 6.43 Å². The number of hydrogen-bond donors (Lipinski definition) is 2. The lowest BCUT2D eigenvalue weighted by Gasteiger charge is -2.07. The van der Waals surface area contributed by atoms with Gasteiger partial charge in [-0.25, -0.2) is 18.6 Å². The highest BCUT2D eigenvalue weighted by Crippen LogP contribution is 2.27. The monoisotopic (exact) mass is 222 g/mol. The van der Waals surface area contributed by atoms with E-state index in [-0.39, 0.29) is 10.8 Å².